The van der Waals surface area contributed by atoms with Gasteiger partial charge in [-0.25, -0.2) is 0 Å². The average Bonchev–Trinajstić information content (AvgIpc) is 2.40. The summed E-state index contributed by atoms with van der Waals surface area (Å²) in [7, 11) is 3.84. The molecule has 0 fully saturated rings. The average molecular weight is 279 g/mol. The maximum Gasteiger partial charge on any atom is 0.324 e. The minimum atomic E-state index is -1.02. The molecule has 0 aromatic heterocycles. The first kappa shape index (κ1) is 16.0. The van der Waals surface area contributed by atoms with Gasteiger partial charge in [0.25, 0.3) is 0 Å². The normalized spacial score (nSPS) is 10.2. The lowest BCUT2D eigenvalue weighted by Crippen LogP contribution is -2.26. The van der Waals surface area contributed by atoms with Crippen molar-refractivity contribution in [3.63, 3.8) is 0 Å². The molecule has 20 heavy (non-hydrogen) atoms. The molecule has 1 rings (SSSR count). The minimum absolute atomic E-state index is 0.227. The van der Waals surface area contributed by atoms with Crippen LogP contribution in [0.25, 0.3) is 0 Å². The second-order valence-corrected chi connectivity index (χ2v) is 4.42. The Kier molecular flexibility index (Phi) is 6.03. The van der Waals surface area contributed by atoms with E-state index in [1.165, 1.54) is 0 Å². The van der Waals surface area contributed by atoms with Crippen molar-refractivity contribution in [2.75, 3.05) is 32.2 Å². The SMILES string of the molecule is CCOC(=O)C(C(=O)OCC)c1ccc(N(C)C)cc1. The maximum atomic E-state index is 11.9. The summed E-state index contributed by atoms with van der Waals surface area (Å²) in [6.07, 6.45) is 0. The second kappa shape index (κ2) is 7.53. The molecule has 5 heteroatoms. The van der Waals surface area contributed by atoms with Crippen LogP contribution < -0.4 is 4.90 Å². The number of carbonyl (C=O) groups is 2. The van der Waals surface area contributed by atoms with Crippen LogP contribution in [0.15, 0.2) is 24.3 Å². The van der Waals surface area contributed by atoms with E-state index >= 15 is 0 Å². The standard InChI is InChI=1S/C15H21NO4/c1-5-19-14(17)13(15(18)20-6-2)11-7-9-12(10-8-11)16(3)4/h7-10,13H,5-6H2,1-4H3. The minimum Gasteiger partial charge on any atom is -0.465 e. The lowest BCUT2D eigenvalue weighted by molar-refractivity contribution is -0.156. The first-order chi connectivity index (χ1) is 9.51. The first-order valence-electron chi connectivity index (χ1n) is 6.61. The highest BCUT2D eigenvalue weighted by molar-refractivity contribution is 6.00. The number of benzene rings is 1. The quantitative estimate of drug-likeness (QED) is 0.588. The number of ether oxygens (including phenoxy) is 2. The summed E-state index contributed by atoms with van der Waals surface area (Å²) < 4.78 is 9.91. The van der Waals surface area contributed by atoms with Crippen molar-refractivity contribution >= 4 is 17.6 Å². The molecule has 0 atom stereocenters. The van der Waals surface area contributed by atoms with Crippen LogP contribution in [-0.2, 0) is 19.1 Å². The van der Waals surface area contributed by atoms with E-state index in [0.29, 0.717) is 5.56 Å². The largest absolute Gasteiger partial charge is 0.465 e. The van der Waals surface area contributed by atoms with Crippen molar-refractivity contribution in [2.24, 2.45) is 0 Å². The van der Waals surface area contributed by atoms with Gasteiger partial charge < -0.3 is 14.4 Å². The fourth-order valence-corrected chi connectivity index (χ4v) is 1.78. The number of rotatable bonds is 6. The number of nitrogens with zero attached hydrogens (tertiary/aromatic N) is 1. The summed E-state index contributed by atoms with van der Waals surface area (Å²) in [5, 5.41) is 0. The van der Waals surface area contributed by atoms with Crippen LogP contribution in [0.5, 0.6) is 0 Å². The van der Waals surface area contributed by atoms with Crippen molar-refractivity contribution in [3.8, 4) is 0 Å². The molecular formula is C15H21NO4. The lowest BCUT2D eigenvalue weighted by atomic mass is 9.99. The van der Waals surface area contributed by atoms with E-state index in [0.717, 1.165) is 5.69 Å². The molecule has 0 heterocycles. The number of anilines is 1. The Balaban J connectivity index is 3.03. The molecule has 1 aromatic rings. The van der Waals surface area contributed by atoms with Crippen LogP contribution in [0, 0.1) is 0 Å². The van der Waals surface area contributed by atoms with Gasteiger partial charge in [0, 0.05) is 19.8 Å². The third-order valence-corrected chi connectivity index (χ3v) is 2.79. The molecule has 5 nitrogen and oxygen atoms in total. The zero-order valence-corrected chi connectivity index (χ0v) is 12.4. The van der Waals surface area contributed by atoms with Gasteiger partial charge in [-0.3, -0.25) is 9.59 Å². The van der Waals surface area contributed by atoms with E-state index in [-0.39, 0.29) is 13.2 Å². The highest BCUT2D eigenvalue weighted by atomic mass is 16.6. The van der Waals surface area contributed by atoms with Gasteiger partial charge in [-0.05, 0) is 31.5 Å². The van der Waals surface area contributed by atoms with Crippen LogP contribution in [-0.4, -0.2) is 39.2 Å². The van der Waals surface area contributed by atoms with Gasteiger partial charge in [0.15, 0.2) is 5.92 Å². The van der Waals surface area contributed by atoms with Gasteiger partial charge in [0.1, 0.15) is 0 Å². The number of carbonyl (C=O) groups excluding carboxylic acids is 2. The smallest absolute Gasteiger partial charge is 0.324 e. The van der Waals surface area contributed by atoms with Crippen LogP contribution in [0.3, 0.4) is 0 Å². The fourth-order valence-electron chi connectivity index (χ4n) is 1.78. The van der Waals surface area contributed by atoms with Crippen molar-refractivity contribution < 1.29 is 19.1 Å². The summed E-state index contributed by atoms with van der Waals surface area (Å²) in [4.78, 5) is 25.8. The van der Waals surface area contributed by atoms with Crippen LogP contribution in [0.1, 0.15) is 25.3 Å². The third-order valence-electron chi connectivity index (χ3n) is 2.79. The van der Waals surface area contributed by atoms with Crippen LogP contribution in [0.2, 0.25) is 0 Å². The molecule has 0 bridgehead atoms. The van der Waals surface area contributed by atoms with Crippen molar-refractivity contribution in [1.29, 1.82) is 0 Å². The molecule has 1 aromatic carbocycles. The van der Waals surface area contributed by atoms with Crippen molar-refractivity contribution in [1.82, 2.24) is 0 Å². The maximum absolute atomic E-state index is 11.9. The van der Waals surface area contributed by atoms with Crippen LogP contribution >= 0.6 is 0 Å². The summed E-state index contributed by atoms with van der Waals surface area (Å²) >= 11 is 0. The Bertz CT molecular complexity index is 435. The summed E-state index contributed by atoms with van der Waals surface area (Å²) in [5.41, 5.74) is 1.56. The number of esters is 2. The van der Waals surface area contributed by atoms with E-state index in [9.17, 15) is 9.59 Å². The van der Waals surface area contributed by atoms with Crippen molar-refractivity contribution in [3.05, 3.63) is 29.8 Å². The van der Waals surface area contributed by atoms with Gasteiger partial charge in [0.2, 0.25) is 0 Å². The summed E-state index contributed by atoms with van der Waals surface area (Å²) in [5.74, 6) is -2.18. The fraction of sp³-hybridized carbons (Fsp3) is 0.467. The molecule has 0 aliphatic heterocycles. The second-order valence-electron chi connectivity index (χ2n) is 4.42. The molecule has 0 unspecified atom stereocenters. The van der Waals surface area contributed by atoms with Gasteiger partial charge in [-0.15, -0.1) is 0 Å². The topological polar surface area (TPSA) is 55.8 Å². The molecule has 0 saturated heterocycles. The number of hydrogen-bond acceptors (Lipinski definition) is 5. The Labute approximate surface area is 119 Å². The Morgan fingerprint density at radius 1 is 1.00 bits per heavy atom. The molecule has 110 valence electrons. The predicted octanol–water partition coefficient (Wildman–Crippen LogP) is 1.96. The highest BCUT2D eigenvalue weighted by Gasteiger charge is 2.31. The number of hydrogen-bond donors (Lipinski definition) is 0. The van der Waals surface area contributed by atoms with Gasteiger partial charge in [-0.2, -0.15) is 0 Å². The Hall–Kier alpha value is -2.04. The lowest BCUT2D eigenvalue weighted by Gasteiger charge is -2.17. The van der Waals surface area contributed by atoms with E-state index in [4.69, 9.17) is 9.47 Å². The third kappa shape index (κ3) is 3.98. The van der Waals surface area contributed by atoms with Crippen molar-refractivity contribution in [2.45, 2.75) is 19.8 Å². The highest BCUT2D eigenvalue weighted by Crippen LogP contribution is 2.22. The van der Waals surface area contributed by atoms with Gasteiger partial charge in [0.05, 0.1) is 13.2 Å². The van der Waals surface area contributed by atoms with E-state index in [2.05, 4.69) is 0 Å². The molecule has 0 amide bonds. The molecule has 0 aliphatic carbocycles. The first-order valence-corrected chi connectivity index (χ1v) is 6.61. The Morgan fingerprint density at radius 3 is 1.80 bits per heavy atom. The molecule has 0 radical (unpaired) electrons. The van der Waals surface area contributed by atoms with E-state index in [1.807, 2.05) is 31.1 Å². The van der Waals surface area contributed by atoms with Gasteiger partial charge in [-0.1, -0.05) is 12.1 Å². The Morgan fingerprint density at radius 2 is 1.45 bits per heavy atom. The molecule has 0 aliphatic rings. The monoisotopic (exact) mass is 279 g/mol. The summed E-state index contributed by atoms with van der Waals surface area (Å²) in [6, 6.07) is 7.18. The summed E-state index contributed by atoms with van der Waals surface area (Å²) in [6.45, 7) is 3.86. The molecule has 0 spiro atoms. The van der Waals surface area contributed by atoms with E-state index < -0.39 is 17.9 Å². The molecule has 0 saturated carbocycles. The van der Waals surface area contributed by atoms with Gasteiger partial charge >= 0.3 is 11.9 Å². The zero-order chi connectivity index (χ0) is 15.1. The van der Waals surface area contributed by atoms with Crippen LogP contribution in [0.4, 0.5) is 5.69 Å². The predicted molar refractivity (Wildman–Crippen MR) is 76.8 cm³/mol. The molecule has 0 N–H and O–H groups in total. The zero-order valence-electron chi connectivity index (χ0n) is 12.4. The molecular weight excluding hydrogens is 258 g/mol. The van der Waals surface area contributed by atoms with E-state index in [1.54, 1.807) is 26.0 Å².